The van der Waals surface area contributed by atoms with Gasteiger partial charge in [0.15, 0.2) is 5.82 Å². The Morgan fingerprint density at radius 2 is 2.00 bits per heavy atom. The Balaban J connectivity index is 1.82. The van der Waals surface area contributed by atoms with Crippen molar-refractivity contribution in [2.45, 2.75) is 6.42 Å². The Bertz CT molecular complexity index is 690. The predicted molar refractivity (Wildman–Crippen MR) is 76.3 cm³/mol. The van der Waals surface area contributed by atoms with E-state index in [1.54, 1.807) is 0 Å². The summed E-state index contributed by atoms with van der Waals surface area (Å²) in [5.41, 5.74) is 7.56. The van der Waals surface area contributed by atoms with Crippen molar-refractivity contribution >= 4 is 28.6 Å². The molecule has 0 spiro atoms. The number of rotatable bonds is 3. The molecule has 3 aromatic rings. The molecule has 0 aliphatic carbocycles. The van der Waals surface area contributed by atoms with E-state index in [0.717, 1.165) is 10.4 Å². The Kier molecular flexibility index (Phi) is 3.23. The second-order valence-corrected chi connectivity index (χ2v) is 5.38. The van der Waals surface area contributed by atoms with Crippen LogP contribution in [0.5, 0.6) is 0 Å². The van der Waals surface area contributed by atoms with Gasteiger partial charge >= 0.3 is 0 Å². The first kappa shape index (κ1) is 12.2. The van der Waals surface area contributed by atoms with Crippen LogP contribution >= 0.6 is 22.9 Å². The van der Waals surface area contributed by atoms with Crippen LogP contribution in [0.4, 0.5) is 5.69 Å². The highest BCUT2D eigenvalue weighted by molar-refractivity contribution is 7.14. The van der Waals surface area contributed by atoms with E-state index in [0.29, 0.717) is 28.8 Å². The summed E-state index contributed by atoms with van der Waals surface area (Å²) in [4.78, 5) is 5.17. The summed E-state index contributed by atoms with van der Waals surface area (Å²) in [7, 11) is 0. The second-order valence-electron chi connectivity index (χ2n) is 4.02. The molecule has 2 aromatic heterocycles. The molecule has 1 aromatic carbocycles. The molecule has 3 rings (SSSR count). The highest BCUT2D eigenvalue weighted by Gasteiger charge is 2.13. The fourth-order valence-electron chi connectivity index (χ4n) is 1.70. The van der Waals surface area contributed by atoms with E-state index in [4.69, 9.17) is 21.9 Å². The van der Waals surface area contributed by atoms with Crippen LogP contribution in [-0.2, 0) is 6.42 Å². The van der Waals surface area contributed by atoms with Gasteiger partial charge in [0, 0.05) is 11.4 Å². The van der Waals surface area contributed by atoms with Crippen molar-refractivity contribution in [1.82, 2.24) is 10.1 Å². The number of halogens is 1. The minimum Gasteiger partial charge on any atom is -0.397 e. The van der Waals surface area contributed by atoms with E-state index in [-0.39, 0.29) is 0 Å². The molecule has 6 heteroatoms. The molecular weight excluding hydrogens is 282 g/mol. The summed E-state index contributed by atoms with van der Waals surface area (Å²) in [6.45, 7) is 0. The van der Waals surface area contributed by atoms with Gasteiger partial charge < -0.3 is 10.3 Å². The predicted octanol–water partition coefficient (Wildman–Crippen LogP) is 3.62. The van der Waals surface area contributed by atoms with Gasteiger partial charge in [-0.15, -0.1) is 11.3 Å². The lowest BCUT2D eigenvalue weighted by atomic mass is 10.1. The number of anilines is 1. The summed E-state index contributed by atoms with van der Waals surface area (Å²) in [5.74, 6) is 1.10. The van der Waals surface area contributed by atoms with Gasteiger partial charge in [0.2, 0.25) is 0 Å². The summed E-state index contributed by atoms with van der Waals surface area (Å²) < 4.78 is 5.23. The topological polar surface area (TPSA) is 64.9 Å². The van der Waals surface area contributed by atoms with Crippen LogP contribution in [-0.4, -0.2) is 10.1 Å². The van der Waals surface area contributed by atoms with Gasteiger partial charge in [-0.05, 0) is 29.1 Å². The third-order valence-corrected chi connectivity index (χ3v) is 3.80. The van der Waals surface area contributed by atoms with Gasteiger partial charge in [0.05, 0.1) is 5.69 Å². The highest BCUT2D eigenvalue weighted by atomic mass is 35.5. The van der Waals surface area contributed by atoms with E-state index in [2.05, 4.69) is 10.1 Å². The quantitative estimate of drug-likeness (QED) is 0.800. The first-order valence-electron chi connectivity index (χ1n) is 5.63. The Labute approximate surface area is 118 Å². The molecule has 96 valence electrons. The fraction of sp³-hybridized carbons (Fsp3) is 0.0769. The molecule has 0 fully saturated rings. The standard InChI is InChI=1S/C13H10ClN3OS/c14-9-3-1-8(2-4-9)7-11-16-13(18-17-11)12-10(15)5-6-19-12/h1-6H,7,15H2. The minimum absolute atomic E-state index is 0.469. The molecule has 2 heterocycles. The third-order valence-electron chi connectivity index (χ3n) is 2.63. The van der Waals surface area contributed by atoms with Crippen molar-refractivity contribution in [1.29, 1.82) is 0 Å². The molecule has 19 heavy (non-hydrogen) atoms. The maximum Gasteiger partial charge on any atom is 0.270 e. The van der Waals surface area contributed by atoms with Crippen LogP contribution in [0.3, 0.4) is 0 Å². The monoisotopic (exact) mass is 291 g/mol. The van der Waals surface area contributed by atoms with E-state index in [1.165, 1.54) is 11.3 Å². The van der Waals surface area contributed by atoms with Crippen molar-refractivity contribution < 1.29 is 4.52 Å². The van der Waals surface area contributed by atoms with Crippen LogP contribution in [0.1, 0.15) is 11.4 Å². The number of thiophene rings is 1. The van der Waals surface area contributed by atoms with Crippen molar-refractivity contribution in [3.8, 4) is 10.8 Å². The maximum absolute atomic E-state index is 5.84. The number of nitrogens with two attached hydrogens (primary N) is 1. The van der Waals surface area contributed by atoms with Crippen LogP contribution in [0, 0.1) is 0 Å². The molecule has 2 N–H and O–H groups in total. The van der Waals surface area contributed by atoms with E-state index in [1.807, 2.05) is 35.7 Å². The normalized spacial score (nSPS) is 10.8. The molecule has 0 aliphatic heterocycles. The second kappa shape index (κ2) is 5.03. The summed E-state index contributed by atoms with van der Waals surface area (Å²) in [5, 5.41) is 6.57. The molecule has 0 saturated heterocycles. The molecular formula is C13H10ClN3OS. The summed E-state index contributed by atoms with van der Waals surface area (Å²) >= 11 is 7.33. The lowest BCUT2D eigenvalue weighted by Gasteiger charge is -1.96. The molecule has 0 aliphatic rings. The molecule has 0 unspecified atom stereocenters. The first-order valence-corrected chi connectivity index (χ1v) is 6.88. The average molecular weight is 292 g/mol. The number of aromatic nitrogens is 2. The van der Waals surface area contributed by atoms with Gasteiger partial charge in [-0.2, -0.15) is 4.98 Å². The lowest BCUT2D eigenvalue weighted by molar-refractivity contribution is 0.425. The van der Waals surface area contributed by atoms with Gasteiger partial charge in [0.1, 0.15) is 4.88 Å². The fourth-order valence-corrected chi connectivity index (χ4v) is 2.56. The van der Waals surface area contributed by atoms with Crippen LogP contribution < -0.4 is 5.73 Å². The zero-order valence-corrected chi connectivity index (χ0v) is 11.4. The molecule has 0 bridgehead atoms. The van der Waals surface area contributed by atoms with Crippen molar-refractivity contribution in [3.05, 3.63) is 52.1 Å². The number of nitrogens with zero attached hydrogens (tertiary/aromatic N) is 2. The zero-order chi connectivity index (χ0) is 13.2. The highest BCUT2D eigenvalue weighted by Crippen LogP contribution is 2.30. The van der Waals surface area contributed by atoms with E-state index in [9.17, 15) is 0 Å². The summed E-state index contributed by atoms with van der Waals surface area (Å²) in [6.07, 6.45) is 0.603. The van der Waals surface area contributed by atoms with Crippen LogP contribution in [0.2, 0.25) is 5.02 Å². The van der Waals surface area contributed by atoms with E-state index < -0.39 is 0 Å². The largest absolute Gasteiger partial charge is 0.397 e. The van der Waals surface area contributed by atoms with Crippen LogP contribution in [0.15, 0.2) is 40.2 Å². The lowest BCUT2D eigenvalue weighted by Crippen LogP contribution is -1.90. The van der Waals surface area contributed by atoms with Crippen molar-refractivity contribution in [2.75, 3.05) is 5.73 Å². The first-order chi connectivity index (χ1) is 9.22. The number of hydrogen-bond acceptors (Lipinski definition) is 5. The molecule has 0 radical (unpaired) electrons. The number of hydrogen-bond donors (Lipinski definition) is 1. The molecule has 0 amide bonds. The van der Waals surface area contributed by atoms with Gasteiger partial charge in [0.25, 0.3) is 5.89 Å². The Morgan fingerprint density at radius 3 is 2.68 bits per heavy atom. The number of benzene rings is 1. The molecule has 0 atom stereocenters. The Hall–Kier alpha value is -1.85. The molecule has 4 nitrogen and oxygen atoms in total. The summed E-state index contributed by atoms with van der Waals surface area (Å²) in [6, 6.07) is 9.39. The average Bonchev–Trinajstić information content (AvgIpc) is 3.01. The minimum atomic E-state index is 0.469. The van der Waals surface area contributed by atoms with E-state index >= 15 is 0 Å². The zero-order valence-electron chi connectivity index (χ0n) is 9.84. The number of nitrogen functional groups attached to an aromatic ring is 1. The smallest absolute Gasteiger partial charge is 0.270 e. The Morgan fingerprint density at radius 1 is 1.21 bits per heavy atom. The van der Waals surface area contributed by atoms with Crippen LogP contribution in [0.25, 0.3) is 10.8 Å². The van der Waals surface area contributed by atoms with Crippen molar-refractivity contribution in [2.24, 2.45) is 0 Å². The maximum atomic E-state index is 5.84. The van der Waals surface area contributed by atoms with Gasteiger partial charge in [-0.1, -0.05) is 28.9 Å². The van der Waals surface area contributed by atoms with Crippen molar-refractivity contribution in [3.63, 3.8) is 0 Å². The SMILES string of the molecule is Nc1ccsc1-c1nc(Cc2ccc(Cl)cc2)no1. The van der Waals surface area contributed by atoms with Gasteiger partial charge in [-0.3, -0.25) is 0 Å². The van der Waals surface area contributed by atoms with Gasteiger partial charge in [-0.25, -0.2) is 0 Å². The third kappa shape index (κ3) is 2.62. The molecule has 0 saturated carbocycles.